The molecule has 0 spiro atoms. The second-order valence-corrected chi connectivity index (χ2v) is 7.60. The van der Waals surface area contributed by atoms with Gasteiger partial charge < -0.3 is 0 Å². The van der Waals surface area contributed by atoms with Crippen molar-refractivity contribution in [2.24, 2.45) is 0 Å². The Hall–Kier alpha value is -2.08. The van der Waals surface area contributed by atoms with Crippen LogP contribution in [0.25, 0.3) is 17.0 Å². The fourth-order valence-corrected chi connectivity index (χ4v) is 4.37. The summed E-state index contributed by atoms with van der Waals surface area (Å²) < 4.78 is 3.50. The second-order valence-electron chi connectivity index (χ2n) is 6.83. The molecular weight excluding hydrogens is 332 g/mol. The Bertz CT molecular complexity index is 1040. The van der Waals surface area contributed by atoms with Crippen LogP contribution < -0.4 is 5.56 Å². The van der Waals surface area contributed by atoms with E-state index in [1.54, 1.807) is 4.40 Å². The molecule has 1 aromatic carbocycles. The summed E-state index contributed by atoms with van der Waals surface area (Å²) in [6.45, 7) is 7.03. The summed E-state index contributed by atoms with van der Waals surface area (Å²) in [6, 6.07) is 8.31. The highest BCUT2D eigenvalue weighted by atomic mass is 32.2. The van der Waals surface area contributed by atoms with E-state index < -0.39 is 0 Å². The van der Waals surface area contributed by atoms with Crippen molar-refractivity contribution in [2.45, 2.75) is 50.7 Å². The Morgan fingerprint density at radius 1 is 1.28 bits per heavy atom. The average Bonchev–Trinajstić information content (AvgIpc) is 3.00. The summed E-state index contributed by atoms with van der Waals surface area (Å²) in [5, 5.41) is 5.27. The summed E-state index contributed by atoms with van der Waals surface area (Å²) in [7, 11) is 0. The number of aromatic nitrogens is 4. The van der Waals surface area contributed by atoms with Gasteiger partial charge in [0.25, 0.3) is 5.56 Å². The number of nitrogens with zero attached hydrogens (tertiary/aromatic N) is 4. The van der Waals surface area contributed by atoms with Crippen molar-refractivity contribution in [3.63, 3.8) is 0 Å². The van der Waals surface area contributed by atoms with Crippen molar-refractivity contribution >= 4 is 17.5 Å². The molecule has 1 atom stereocenters. The third kappa shape index (κ3) is 2.20. The van der Waals surface area contributed by atoms with Crippen molar-refractivity contribution in [1.82, 2.24) is 19.2 Å². The fraction of sp³-hybridized carbons (Fsp3) is 0.421. The summed E-state index contributed by atoms with van der Waals surface area (Å²) >= 11 is 1.48. The van der Waals surface area contributed by atoms with Crippen LogP contribution in [0.1, 0.15) is 38.3 Å². The zero-order chi connectivity index (χ0) is 17.8. The number of hydrogen-bond donors (Lipinski definition) is 0. The van der Waals surface area contributed by atoms with Crippen molar-refractivity contribution in [2.75, 3.05) is 6.26 Å². The molecule has 25 heavy (non-hydrogen) atoms. The van der Waals surface area contributed by atoms with Gasteiger partial charge in [-0.1, -0.05) is 49.9 Å². The molecule has 130 valence electrons. The van der Waals surface area contributed by atoms with Gasteiger partial charge >= 0.3 is 0 Å². The normalized spacial score (nSPS) is 19.0. The topological polar surface area (TPSA) is 52.2 Å². The van der Waals surface area contributed by atoms with E-state index in [0.717, 1.165) is 29.7 Å². The number of benzene rings is 1. The summed E-state index contributed by atoms with van der Waals surface area (Å²) in [5.74, 6) is 0.630. The van der Waals surface area contributed by atoms with Crippen molar-refractivity contribution in [3.05, 3.63) is 45.7 Å². The van der Waals surface area contributed by atoms with Crippen LogP contribution >= 0.6 is 11.8 Å². The van der Waals surface area contributed by atoms with Crippen LogP contribution in [-0.4, -0.2) is 25.4 Å². The number of thioether (sulfide) groups is 1. The largest absolute Gasteiger partial charge is 0.268 e. The molecule has 6 heteroatoms. The standard InChI is InChI=1S/C19H22N4OS/c1-5-19(3)11-12-9-7-8-10-13(12)15-14(19)16(24)23-17(20-15)22(6-2)21-18(23)25-4/h7-10H,5-6,11H2,1-4H3/t19-/m1/s1. The van der Waals surface area contributed by atoms with Gasteiger partial charge in [-0.05, 0) is 31.6 Å². The first-order chi connectivity index (χ1) is 12.0. The SMILES string of the molecule is CCn1nc(SC)n2c(=O)c3c(nc12)-c1ccccc1C[C@@]3(C)CC. The Labute approximate surface area is 151 Å². The number of rotatable bonds is 3. The summed E-state index contributed by atoms with van der Waals surface area (Å²) in [6.07, 6.45) is 3.71. The van der Waals surface area contributed by atoms with Crippen molar-refractivity contribution in [1.29, 1.82) is 0 Å². The molecule has 0 fully saturated rings. The van der Waals surface area contributed by atoms with Gasteiger partial charge in [-0.15, -0.1) is 5.10 Å². The van der Waals surface area contributed by atoms with E-state index in [2.05, 4.69) is 37.1 Å². The molecular formula is C19H22N4OS. The lowest BCUT2D eigenvalue weighted by molar-refractivity contribution is 0.439. The molecule has 2 heterocycles. The van der Waals surface area contributed by atoms with Gasteiger partial charge in [-0.2, -0.15) is 0 Å². The van der Waals surface area contributed by atoms with Gasteiger partial charge in [0.1, 0.15) is 0 Å². The minimum Gasteiger partial charge on any atom is -0.268 e. The van der Waals surface area contributed by atoms with E-state index in [1.165, 1.54) is 17.3 Å². The van der Waals surface area contributed by atoms with Crippen LogP contribution in [0.3, 0.4) is 0 Å². The Balaban J connectivity index is 2.19. The molecule has 0 saturated carbocycles. The lowest BCUT2D eigenvalue weighted by Gasteiger charge is -2.34. The molecule has 0 saturated heterocycles. The quantitative estimate of drug-likeness (QED) is 0.675. The number of fused-ring (bicyclic) bond motifs is 4. The Morgan fingerprint density at radius 2 is 2.04 bits per heavy atom. The zero-order valence-electron chi connectivity index (χ0n) is 15.0. The maximum Gasteiger partial charge on any atom is 0.265 e. The Kier molecular flexibility index (Phi) is 3.76. The predicted octanol–water partition coefficient (Wildman–Crippen LogP) is 3.52. The van der Waals surface area contributed by atoms with E-state index in [4.69, 9.17) is 4.98 Å². The lowest BCUT2D eigenvalue weighted by Crippen LogP contribution is -2.37. The molecule has 5 nitrogen and oxygen atoms in total. The molecule has 1 aliphatic carbocycles. The summed E-state index contributed by atoms with van der Waals surface area (Å²) in [5.41, 5.74) is 3.83. The predicted molar refractivity (Wildman–Crippen MR) is 101 cm³/mol. The Morgan fingerprint density at radius 3 is 2.72 bits per heavy atom. The van der Waals surface area contributed by atoms with E-state index >= 15 is 0 Å². The van der Waals surface area contributed by atoms with Crippen LogP contribution in [0, 0.1) is 0 Å². The molecule has 1 aliphatic rings. The lowest BCUT2D eigenvalue weighted by atomic mass is 9.69. The van der Waals surface area contributed by atoms with Crippen molar-refractivity contribution < 1.29 is 0 Å². The van der Waals surface area contributed by atoms with Crippen LogP contribution in [0.5, 0.6) is 0 Å². The van der Waals surface area contributed by atoms with Gasteiger partial charge in [-0.3, -0.25) is 4.79 Å². The van der Waals surface area contributed by atoms with Gasteiger partial charge in [0.05, 0.1) is 11.3 Å². The molecule has 3 aromatic rings. The van der Waals surface area contributed by atoms with Gasteiger partial charge in [0.15, 0.2) is 5.16 Å². The van der Waals surface area contributed by atoms with E-state index in [0.29, 0.717) is 17.5 Å². The van der Waals surface area contributed by atoms with Crippen molar-refractivity contribution in [3.8, 4) is 11.3 Å². The minimum absolute atomic E-state index is 0.0305. The molecule has 4 rings (SSSR count). The van der Waals surface area contributed by atoms with Crippen LogP contribution in [0.2, 0.25) is 0 Å². The molecule has 0 unspecified atom stereocenters. The molecule has 0 N–H and O–H groups in total. The highest BCUT2D eigenvalue weighted by Gasteiger charge is 2.38. The zero-order valence-corrected chi connectivity index (χ0v) is 15.9. The first-order valence-corrected chi connectivity index (χ1v) is 9.92. The monoisotopic (exact) mass is 354 g/mol. The fourth-order valence-electron chi connectivity index (χ4n) is 3.85. The maximum atomic E-state index is 13.5. The molecule has 0 aliphatic heterocycles. The van der Waals surface area contributed by atoms with Crippen LogP contribution in [0.4, 0.5) is 0 Å². The highest BCUT2D eigenvalue weighted by Crippen LogP contribution is 2.42. The average molecular weight is 354 g/mol. The highest BCUT2D eigenvalue weighted by molar-refractivity contribution is 7.98. The van der Waals surface area contributed by atoms with Gasteiger partial charge in [-0.25, -0.2) is 14.1 Å². The van der Waals surface area contributed by atoms with E-state index in [9.17, 15) is 4.79 Å². The second kappa shape index (κ2) is 5.73. The molecule has 0 amide bonds. The van der Waals surface area contributed by atoms with Gasteiger partial charge in [0.2, 0.25) is 5.78 Å². The summed E-state index contributed by atoms with van der Waals surface area (Å²) in [4.78, 5) is 18.5. The van der Waals surface area contributed by atoms with E-state index in [1.807, 2.05) is 23.9 Å². The minimum atomic E-state index is -0.209. The smallest absolute Gasteiger partial charge is 0.265 e. The molecule has 0 radical (unpaired) electrons. The van der Waals surface area contributed by atoms with Crippen LogP contribution in [0.15, 0.2) is 34.2 Å². The maximum absolute atomic E-state index is 13.5. The molecule has 2 aromatic heterocycles. The molecule has 0 bridgehead atoms. The van der Waals surface area contributed by atoms with Gasteiger partial charge in [0, 0.05) is 17.5 Å². The number of aryl methyl sites for hydroxylation is 1. The van der Waals surface area contributed by atoms with Crippen LogP contribution in [-0.2, 0) is 18.4 Å². The third-order valence-corrected chi connectivity index (χ3v) is 6.04. The first-order valence-electron chi connectivity index (χ1n) is 8.70. The third-order valence-electron chi connectivity index (χ3n) is 5.41. The number of hydrogen-bond acceptors (Lipinski definition) is 4. The first kappa shape index (κ1) is 16.4. The van der Waals surface area contributed by atoms with E-state index in [-0.39, 0.29) is 11.0 Å².